The molecule has 0 fully saturated rings. The van der Waals surface area contributed by atoms with Crippen LogP contribution in [-0.4, -0.2) is 20.5 Å². The van der Waals surface area contributed by atoms with Gasteiger partial charge in [0.05, 0.1) is 27.2 Å². The number of benzene rings is 3. The van der Waals surface area contributed by atoms with Crippen molar-refractivity contribution in [2.45, 2.75) is 4.90 Å². The highest BCUT2D eigenvalue weighted by Crippen LogP contribution is 2.37. The van der Waals surface area contributed by atoms with Crippen molar-refractivity contribution in [3.63, 3.8) is 0 Å². The van der Waals surface area contributed by atoms with E-state index in [1.807, 2.05) is 22.6 Å². The summed E-state index contributed by atoms with van der Waals surface area (Å²) in [4.78, 5) is 10.2. The number of rotatable bonds is 7. The maximum atomic E-state index is 12.7. The van der Waals surface area contributed by atoms with E-state index in [2.05, 4.69) is 6.07 Å². The molecule has 168 valence electrons. The third-order valence-corrected chi connectivity index (χ3v) is 6.66. The van der Waals surface area contributed by atoms with Crippen LogP contribution in [0.5, 0.6) is 11.5 Å². The summed E-state index contributed by atoms with van der Waals surface area (Å²) < 4.78 is 36.4. The van der Waals surface area contributed by atoms with Gasteiger partial charge in [0.15, 0.2) is 11.5 Å². The van der Waals surface area contributed by atoms with Gasteiger partial charge in [-0.05, 0) is 88.3 Å². The zero-order chi connectivity index (χ0) is 24.2. The highest BCUT2D eigenvalue weighted by molar-refractivity contribution is 14.1. The van der Waals surface area contributed by atoms with E-state index in [0.29, 0.717) is 19.7 Å². The lowest BCUT2D eigenvalue weighted by Crippen LogP contribution is -2.11. The molecule has 0 aliphatic carbocycles. The van der Waals surface area contributed by atoms with Crippen molar-refractivity contribution in [1.82, 2.24) is 0 Å². The highest BCUT2D eigenvalue weighted by atomic mass is 127. The molecule has 0 aromatic heterocycles. The van der Waals surface area contributed by atoms with Crippen molar-refractivity contribution in [2.75, 3.05) is 7.11 Å². The second-order valence-electron chi connectivity index (χ2n) is 6.50. The van der Waals surface area contributed by atoms with Gasteiger partial charge in [-0.25, -0.2) is 0 Å². The first-order chi connectivity index (χ1) is 15.6. The summed E-state index contributed by atoms with van der Waals surface area (Å²) in [6, 6.07) is 16.3. The number of methoxy groups -OCH3 is 1. The predicted octanol–water partition coefficient (Wildman–Crippen LogP) is 5.69. The number of ether oxygens (including phenoxy) is 1. The van der Waals surface area contributed by atoms with Crippen molar-refractivity contribution in [3.8, 4) is 17.6 Å². The number of nitro benzene ring substituents is 1. The largest absolute Gasteiger partial charge is 0.493 e. The number of non-ortho nitro benzene ring substituents is 1. The molecule has 0 aliphatic rings. The van der Waals surface area contributed by atoms with Gasteiger partial charge < -0.3 is 8.92 Å². The summed E-state index contributed by atoms with van der Waals surface area (Å²) in [7, 11) is -2.78. The van der Waals surface area contributed by atoms with Gasteiger partial charge in [0.1, 0.15) is 4.90 Å². The molecule has 0 radical (unpaired) electrons. The summed E-state index contributed by atoms with van der Waals surface area (Å²) in [5.74, 6) is 0.144. The van der Waals surface area contributed by atoms with Crippen molar-refractivity contribution in [1.29, 1.82) is 5.26 Å². The fourth-order valence-corrected chi connectivity index (χ4v) is 4.74. The number of hydrogen-bond donors (Lipinski definition) is 0. The van der Waals surface area contributed by atoms with Gasteiger partial charge in [-0.3, -0.25) is 10.1 Å². The summed E-state index contributed by atoms with van der Waals surface area (Å²) >= 11 is 7.72. The Kier molecular flexibility index (Phi) is 7.57. The third kappa shape index (κ3) is 5.81. The molecule has 3 rings (SSSR count). The number of hydrogen-bond acceptors (Lipinski definition) is 7. The maximum absolute atomic E-state index is 12.7. The van der Waals surface area contributed by atoms with Crippen LogP contribution in [0.2, 0.25) is 5.02 Å². The van der Waals surface area contributed by atoms with Crippen LogP contribution in [0.3, 0.4) is 0 Å². The van der Waals surface area contributed by atoms with E-state index < -0.39 is 15.0 Å². The second kappa shape index (κ2) is 10.2. The van der Waals surface area contributed by atoms with Crippen LogP contribution in [0.25, 0.3) is 11.6 Å². The van der Waals surface area contributed by atoms with Crippen molar-refractivity contribution in [2.24, 2.45) is 0 Å². The third-order valence-electron chi connectivity index (χ3n) is 4.37. The first-order valence-corrected chi connectivity index (χ1v) is 12.0. The van der Waals surface area contributed by atoms with Gasteiger partial charge in [-0.1, -0.05) is 11.6 Å². The molecule has 0 amide bonds. The van der Waals surface area contributed by atoms with E-state index in [0.717, 1.165) is 0 Å². The Morgan fingerprint density at radius 1 is 1.15 bits per heavy atom. The molecule has 0 saturated carbocycles. The van der Waals surface area contributed by atoms with Crippen LogP contribution in [0, 0.1) is 25.0 Å². The maximum Gasteiger partial charge on any atom is 0.339 e. The average molecular weight is 597 g/mol. The zero-order valence-corrected chi connectivity index (χ0v) is 20.6. The Morgan fingerprint density at radius 2 is 1.79 bits per heavy atom. The molecule has 0 bridgehead atoms. The topological polar surface area (TPSA) is 120 Å². The smallest absolute Gasteiger partial charge is 0.339 e. The first kappa shape index (κ1) is 24.5. The molecule has 0 N–H and O–H groups in total. The van der Waals surface area contributed by atoms with Gasteiger partial charge >= 0.3 is 10.1 Å². The molecule has 0 atom stereocenters. The number of nitrogens with zero attached hydrogens (tertiary/aromatic N) is 2. The molecule has 0 aliphatic heterocycles. The molecule has 0 unspecified atom stereocenters. The van der Waals surface area contributed by atoms with Crippen LogP contribution < -0.4 is 8.92 Å². The van der Waals surface area contributed by atoms with Crippen LogP contribution in [0.15, 0.2) is 65.6 Å². The lowest BCUT2D eigenvalue weighted by atomic mass is 10.0. The second-order valence-corrected chi connectivity index (χ2v) is 9.64. The van der Waals surface area contributed by atoms with Crippen molar-refractivity contribution < 1.29 is 22.3 Å². The first-order valence-electron chi connectivity index (χ1n) is 9.09. The minimum atomic E-state index is -4.15. The molecule has 11 heteroatoms. The molecular weight excluding hydrogens is 583 g/mol. The lowest BCUT2D eigenvalue weighted by Gasteiger charge is -2.14. The van der Waals surface area contributed by atoms with E-state index >= 15 is 0 Å². The summed E-state index contributed by atoms with van der Waals surface area (Å²) in [5, 5.41) is 20.8. The Balaban J connectivity index is 1.97. The molecule has 33 heavy (non-hydrogen) atoms. The van der Waals surface area contributed by atoms with Crippen molar-refractivity contribution >= 4 is 61.6 Å². The number of nitriles is 1. The molecular formula is C22H14ClIN2O6S. The normalized spacial score (nSPS) is 11.5. The van der Waals surface area contributed by atoms with Crippen LogP contribution >= 0.6 is 34.2 Å². The minimum Gasteiger partial charge on any atom is -0.493 e. The fraction of sp³-hybridized carbons (Fsp3) is 0.0455. The minimum absolute atomic E-state index is 0.000886. The summed E-state index contributed by atoms with van der Waals surface area (Å²) in [6.45, 7) is 0. The number of halogens is 2. The summed E-state index contributed by atoms with van der Waals surface area (Å²) in [6.07, 6.45) is 1.56. The predicted molar refractivity (Wildman–Crippen MR) is 132 cm³/mol. The summed E-state index contributed by atoms with van der Waals surface area (Å²) in [5.41, 5.74) is 1.20. The van der Waals surface area contributed by atoms with Crippen molar-refractivity contribution in [3.05, 3.63) is 90.5 Å². The zero-order valence-electron chi connectivity index (χ0n) is 16.9. The Hall–Kier alpha value is -3.14. The standard InChI is InChI=1S/C22H14ClIN2O6S/c1-31-21-12-14(10-16(13-25)15-2-6-18(7-3-15)26(27)28)11-20(24)22(21)32-33(29,30)19-8-4-17(23)5-9-19/h2-12H,1H3/b16-10+. The van der Waals surface area contributed by atoms with Gasteiger partial charge in [0.2, 0.25) is 0 Å². The van der Waals surface area contributed by atoms with Gasteiger partial charge in [0, 0.05) is 17.2 Å². The quantitative estimate of drug-likeness (QED) is 0.0858. The van der Waals surface area contributed by atoms with E-state index in [-0.39, 0.29) is 27.7 Å². The van der Waals surface area contributed by atoms with Crippen LogP contribution in [0.1, 0.15) is 11.1 Å². The van der Waals surface area contributed by atoms with Gasteiger partial charge in [0.25, 0.3) is 5.69 Å². The molecule has 0 saturated heterocycles. The molecule has 0 spiro atoms. The van der Waals surface area contributed by atoms with Crippen LogP contribution in [0.4, 0.5) is 5.69 Å². The van der Waals surface area contributed by atoms with Gasteiger partial charge in [-0.15, -0.1) is 0 Å². The average Bonchev–Trinajstić information content (AvgIpc) is 2.79. The molecule has 0 heterocycles. The number of allylic oxidation sites excluding steroid dienone is 1. The van der Waals surface area contributed by atoms with E-state index in [1.165, 1.54) is 61.7 Å². The lowest BCUT2D eigenvalue weighted by molar-refractivity contribution is -0.384. The Labute approximate surface area is 208 Å². The van der Waals surface area contributed by atoms with E-state index in [9.17, 15) is 23.8 Å². The Morgan fingerprint density at radius 3 is 2.33 bits per heavy atom. The molecule has 3 aromatic carbocycles. The monoisotopic (exact) mass is 596 g/mol. The van der Waals surface area contributed by atoms with Gasteiger partial charge in [-0.2, -0.15) is 13.7 Å². The van der Waals surface area contributed by atoms with E-state index in [1.54, 1.807) is 12.1 Å². The number of nitro groups is 1. The fourth-order valence-electron chi connectivity index (χ4n) is 2.77. The Bertz CT molecular complexity index is 1380. The molecule has 8 nitrogen and oxygen atoms in total. The SMILES string of the molecule is COc1cc(/C=C(\C#N)c2ccc([N+](=O)[O-])cc2)cc(I)c1OS(=O)(=O)c1ccc(Cl)cc1. The highest BCUT2D eigenvalue weighted by Gasteiger charge is 2.22. The van der Waals surface area contributed by atoms with E-state index in [4.69, 9.17) is 20.5 Å². The van der Waals surface area contributed by atoms with Crippen LogP contribution in [-0.2, 0) is 10.1 Å². The molecule has 3 aromatic rings.